The Kier molecular flexibility index (Phi) is 4.46. The van der Waals surface area contributed by atoms with Crippen LogP contribution < -0.4 is 0 Å². The molecule has 0 amide bonds. The summed E-state index contributed by atoms with van der Waals surface area (Å²) in [7, 11) is 0. The Morgan fingerprint density at radius 3 is 2.77 bits per heavy atom. The molecule has 1 aliphatic rings. The summed E-state index contributed by atoms with van der Waals surface area (Å²) in [6.07, 6.45) is 7.54. The van der Waals surface area contributed by atoms with Crippen LogP contribution in [0.25, 0.3) is 11.0 Å². The average molecular weight is 300 g/mol. The number of carboxylic acid groups (broad SMARTS) is 1. The monoisotopic (exact) mass is 300 g/mol. The van der Waals surface area contributed by atoms with Crippen molar-refractivity contribution in [3.8, 4) is 0 Å². The summed E-state index contributed by atoms with van der Waals surface area (Å²) in [4.78, 5) is 15.8. The maximum absolute atomic E-state index is 10.9. The number of benzene rings is 1. The fourth-order valence-corrected chi connectivity index (χ4v) is 3.61. The minimum absolute atomic E-state index is 0.0648. The highest BCUT2D eigenvalue weighted by Gasteiger charge is 2.22. The summed E-state index contributed by atoms with van der Waals surface area (Å²) >= 11 is 0. The molecule has 0 spiro atoms. The molecule has 4 heteroatoms. The lowest BCUT2D eigenvalue weighted by Gasteiger charge is -2.22. The Balaban J connectivity index is 2.02. The molecule has 1 aliphatic carbocycles. The molecule has 0 atom stereocenters. The predicted octanol–water partition coefficient (Wildman–Crippen LogP) is 4.12. The number of aliphatic carboxylic acids is 1. The minimum atomic E-state index is -0.792. The van der Waals surface area contributed by atoms with Crippen LogP contribution in [0.1, 0.15) is 62.8 Å². The number of aryl methyl sites for hydroxylation is 1. The van der Waals surface area contributed by atoms with E-state index < -0.39 is 5.97 Å². The Morgan fingerprint density at radius 1 is 1.32 bits per heavy atom. The normalized spacial score (nSPS) is 16.2. The Morgan fingerprint density at radius 2 is 2.09 bits per heavy atom. The molecule has 1 aromatic carbocycles. The molecule has 1 saturated carbocycles. The van der Waals surface area contributed by atoms with Crippen LogP contribution in [0.4, 0.5) is 0 Å². The van der Waals surface area contributed by atoms with Gasteiger partial charge in [-0.05, 0) is 37.0 Å². The van der Waals surface area contributed by atoms with Gasteiger partial charge in [0.15, 0.2) is 0 Å². The van der Waals surface area contributed by atoms with E-state index in [0.29, 0.717) is 5.92 Å². The first-order valence-electron chi connectivity index (χ1n) is 8.40. The molecule has 22 heavy (non-hydrogen) atoms. The van der Waals surface area contributed by atoms with Crippen LogP contribution in [0.2, 0.25) is 0 Å². The molecule has 2 aromatic rings. The maximum Gasteiger partial charge on any atom is 0.307 e. The van der Waals surface area contributed by atoms with Crippen LogP contribution in [-0.4, -0.2) is 20.6 Å². The standard InChI is InChI=1S/C18H24N2O2/c1-2-10-20-16-9-8-13(12-17(21)22)11-15(16)19-18(20)14-6-4-3-5-7-14/h8-9,11,14H,2-7,10,12H2,1H3,(H,21,22). The van der Waals surface area contributed by atoms with Crippen molar-refractivity contribution < 1.29 is 9.90 Å². The van der Waals surface area contributed by atoms with Crippen LogP contribution in [0.3, 0.4) is 0 Å². The van der Waals surface area contributed by atoms with E-state index in [0.717, 1.165) is 29.6 Å². The third-order valence-electron chi connectivity index (χ3n) is 4.62. The Labute approximate surface area is 131 Å². The number of nitrogens with zero attached hydrogens (tertiary/aromatic N) is 2. The SMILES string of the molecule is CCCn1c(C2CCCCC2)nc2cc(CC(=O)O)ccc21. The van der Waals surface area contributed by atoms with E-state index in [1.54, 1.807) is 0 Å². The molecule has 0 unspecified atom stereocenters. The number of carboxylic acids is 1. The topological polar surface area (TPSA) is 55.1 Å². The number of aromatic nitrogens is 2. The summed E-state index contributed by atoms with van der Waals surface area (Å²) in [5, 5.41) is 8.96. The van der Waals surface area contributed by atoms with Crippen molar-refractivity contribution in [1.82, 2.24) is 9.55 Å². The van der Waals surface area contributed by atoms with Gasteiger partial charge >= 0.3 is 5.97 Å². The lowest BCUT2D eigenvalue weighted by Crippen LogP contribution is -2.12. The third kappa shape index (κ3) is 3.01. The Hall–Kier alpha value is -1.84. The van der Waals surface area contributed by atoms with Gasteiger partial charge in [0.1, 0.15) is 5.82 Å². The number of fused-ring (bicyclic) bond motifs is 1. The molecule has 1 N–H and O–H groups in total. The van der Waals surface area contributed by atoms with Crippen molar-refractivity contribution >= 4 is 17.0 Å². The fourth-order valence-electron chi connectivity index (χ4n) is 3.61. The van der Waals surface area contributed by atoms with Crippen LogP contribution in [0.15, 0.2) is 18.2 Å². The van der Waals surface area contributed by atoms with Crippen LogP contribution in [-0.2, 0) is 17.8 Å². The summed E-state index contributed by atoms with van der Waals surface area (Å²) < 4.78 is 2.36. The second-order valence-corrected chi connectivity index (χ2v) is 6.35. The van der Waals surface area contributed by atoms with Crippen LogP contribution in [0, 0.1) is 0 Å². The van der Waals surface area contributed by atoms with E-state index in [9.17, 15) is 4.79 Å². The molecule has 3 rings (SSSR count). The number of imidazole rings is 1. The molecular weight excluding hydrogens is 276 g/mol. The largest absolute Gasteiger partial charge is 0.481 e. The molecule has 0 radical (unpaired) electrons. The van der Waals surface area contributed by atoms with E-state index in [-0.39, 0.29) is 6.42 Å². The van der Waals surface area contributed by atoms with Crippen molar-refractivity contribution in [2.45, 2.75) is 64.3 Å². The number of hydrogen-bond acceptors (Lipinski definition) is 2. The smallest absolute Gasteiger partial charge is 0.307 e. The summed E-state index contributed by atoms with van der Waals surface area (Å²) in [5.41, 5.74) is 2.93. The molecule has 1 fully saturated rings. The molecule has 118 valence electrons. The molecule has 0 aliphatic heterocycles. The zero-order chi connectivity index (χ0) is 15.5. The molecule has 4 nitrogen and oxygen atoms in total. The van der Waals surface area contributed by atoms with Crippen molar-refractivity contribution in [2.24, 2.45) is 0 Å². The van der Waals surface area contributed by atoms with Gasteiger partial charge < -0.3 is 9.67 Å². The van der Waals surface area contributed by atoms with Gasteiger partial charge in [0.05, 0.1) is 17.5 Å². The minimum Gasteiger partial charge on any atom is -0.481 e. The molecule has 0 bridgehead atoms. The van der Waals surface area contributed by atoms with E-state index in [4.69, 9.17) is 10.1 Å². The van der Waals surface area contributed by atoms with Gasteiger partial charge in [0.2, 0.25) is 0 Å². The molecule has 1 aromatic heterocycles. The quantitative estimate of drug-likeness (QED) is 0.903. The van der Waals surface area contributed by atoms with E-state index in [1.807, 2.05) is 18.2 Å². The van der Waals surface area contributed by atoms with Crippen LogP contribution in [0.5, 0.6) is 0 Å². The first kappa shape index (κ1) is 15.1. The number of rotatable bonds is 5. The first-order chi connectivity index (χ1) is 10.7. The second kappa shape index (κ2) is 6.51. The maximum atomic E-state index is 10.9. The molecule has 0 saturated heterocycles. The number of hydrogen-bond donors (Lipinski definition) is 1. The lowest BCUT2D eigenvalue weighted by molar-refractivity contribution is -0.136. The van der Waals surface area contributed by atoms with Gasteiger partial charge in [-0.3, -0.25) is 4.79 Å². The second-order valence-electron chi connectivity index (χ2n) is 6.35. The first-order valence-corrected chi connectivity index (χ1v) is 8.40. The highest BCUT2D eigenvalue weighted by Crippen LogP contribution is 2.34. The van der Waals surface area contributed by atoms with Crippen LogP contribution >= 0.6 is 0 Å². The highest BCUT2D eigenvalue weighted by molar-refractivity contribution is 5.79. The van der Waals surface area contributed by atoms with E-state index in [1.165, 1.54) is 37.9 Å². The molecule has 1 heterocycles. The zero-order valence-electron chi connectivity index (χ0n) is 13.2. The van der Waals surface area contributed by atoms with Crippen molar-refractivity contribution in [2.75, 3.05) is 0 Å². The zero-order valence-corrected chi connectivity index (χ0v) is 13.2. The van der Waals surface area contributed by atoms with Crippen molar-refractivity contribution in [1.29, 1.82) is 0 Å². The number of carbonyl (C=O) groups is 1. The van der Waals surface area contributed by atoms with E-state index >= 15 is 0 Å². The van der Waals surface area contributed by atoms with Crippen molar-refractivity contribution in [3.63, 3.8) is 0 Å². The van der Waals surface area contributed by atoms with E-state index in [2.05, 4.69) is 11.5 Å². The fraction of sp³-hybridized carbons (Fsp3) is 0.556. The van der Waals surface area contributed by atoms with Crippen molar-refractivity contribution in [3.05, 3.63) is 29.6 Å². The summed E-state index contributed by atoms with van der Waals surface area (Å²) in [6.45, 7) is 3.18. The predicted molar refractivity (Wildman–Crippen MR) is 87.2 cm³/mol. The lowest BCUT2D eigenvalue weighted by atomic mass is 9.88. The Bertz CT molecular complexity index is 669. The summed E-state index contributed by atoms with van der Waals surface area (Å²) in [5.74, 6) is 0.986. The van der Waals surface area contributed by atoms with Gasteiger partial charge in [-0.1, -0.05) is 32.3 Å². The third-order valence-corrected chi connectivity index (χ3v) is 4.62. The van der Waals surface area contributed by atoms with Gasteiger partial charge in [0.25, 0.3) is 0 Å². The summed E-state index contributed by atoms with van der Waals surface area (Å²) in [6, 6.07) is 5.92. The van der Waals surface area contributed by atoms with Gasteiger partial charge in [-0.15, -0.1) is 0 Å². The van der Waals surface area contributed by atoms with Gasteiger partial charge in [-0.25, -0.2) is 4.98 Å². The molecular formula is C18H24N2O2. The average Bonchev–Trinajstić information content (AvgIpc) is 2.86. The highest BCUT2D eigenvalue weighted by atomic mass is 16.4. The van der Waals surface area contributed by atoms with Gasteiger partial charge in [0, 0.05) is 12.5 Å². The van der Waals surface area contributed by atoms with Gasteiger partial charge in [-0.2, -0.15) is 0 Å².